The van der Waals surface area contributed by atoms with Crippen LogP contribution >= 0.6 is 22.9 Å². The molecular formula is C20H19ClN2O5S2. The third-order valence-electron chi connectivity index (χ3n) is 4.12. The Morgan fingerprint density at radius 3 is 2.43 bits per heavy atom. The molecule has 30 heavy (non-hydrogen) atoms. The molecule has 0 radical (unpaired) electrons. The third kappa shape index (κ3) is 5.17. The van der Waals surface area contributed by atoms with Gasteiger partial charge in [0.25, 0.3) is 0 Å². The number of hydrogen-bond donors (Lipinski definition) is 2. The first-order valence-electron chi connectivity index (χ1n) is 8.90. The number of amides is 1. The number of fused-ring (bicyclic) bond motifs is 1. The summed E-state index contributed by atoms with van der Waals surface area (Å²) >= 11 is 7.75. The number of hydrogen-bond acceptors (Lipinski definition) is 6. The number of carbonyl (C=O) groups excluding carboxylic acids is 2. The molecule has 10 heteroatoms. The molecule has 0 bridgehead atoms. The van der Waals surface area contributed by atoms with Crippen molar-refractivity contribution in [3.05, 3.63) is 58.4 Å². The van der Waals surface area contributed by atoms with E-state index >= 15 is 0 Å². The van der Waals surface area contributed by atoms with E-state index in [1.54, 1.807) is 0 Å². The van der Waals surface area contributed by atoms with E-state index in [4.69, 9.17) is 16.3 Å². The van der Waals surface area contributed by atoms with E-state index in [-0.39, 0.29) is 17.4 Å². The number of halogens is 1. The molecule has 1 amide bonds. The second-order valence-corrected chi connectivity index (χ2v) is 9.72. The summed E-state index contributed by atoms with van der Waals surface area (Å²) < 4.78 is 33.5. The van der Waals surface area contributed by atoms with E-state index in [2.05, 4.69) is 10.0 Å². The zero-order valence-corrected chi connectivity index (χ0v) is 18.5. The van der Waals surface area contributed by atoms with Crippen molar-refractivity contribution in [1.29, 1.82) is 0 Å². The minimum absolute atomic E-state index is 0.0381. The summed E-state index contributed by atoms with van der Waals surface area (Å²) in [4.78, 5) is 24.0. The summed E-state index contributed by atoms with van der Waals surface area (Å²) in [5, 5.41) is 3.96. The van der Waals surface area contributed by atoms with E-state index in [1.165, 1.54) is 49.4 Å². The molecule has 0 aliphatic carbocycles. The summed E-state index contributed by atoms with van der Waals surface area (Å²) in [6, 6.07) is 12.1. The first kappa shape index (κ1) is 22.2. The first-order valence-corrected chi connectivity index (χ1v) is 11.6. The highest BCUT2D eigenvalue weighted by atomic mass is 35.5. The molecule has 0 spiro atoms. The second kappa shape index (κ2) is 9.13. The van der Waals surface area contributed by atoms with E-state index < -0.39 is 22.0 Å². The summed E-state index contributed by atoms with van der Waals surface area (Å²) in [6.07, 6.45) is 0. The number of thiophene rings is 1. The Morgan fingerprint density at radius 2 is 1.80 bits per heavy atom. The molecule has 0 saturated carbocycles. The van der Waals surface area contributed by atoms with Crippen LogP contribution in [0.3, 0.4) is 0 Å². The number of rotatable bonds is 7. The molecule has 3 aromatic rings. The highest BCUT2D eigenvalue weighted by Gasteiger charge is 2.24. The molecule has 3 rings (SSSR count). The van der Waals surface area contributed by atoms with Gasteiger partial charge in [-0.1, -0.05) is 29.8 Å². The highest BCUT2D eigenvalue weighted by molar-refractivity contribution is 7.89. The van der Waals surface area contributed by atoms with Crippen molar-refractivity contribution < 1.29 is 22.7 Å². The van der Waals surface area contributed by atoms with Gasteiger partial charge in [0, 0.05) is 22.7 Å². The Labute approximate surface area is 183 Å². The van der Waals surface area contributed by atoms with Crippen LogP contribution in [0.15, 0.2) is 53.4 Å². The van der Waals surface area contributed by atoms with Crippen LogP contribution in [0.2, 0.25) is 5.02 Å². The number of ether oxygens (including phenoxy) is 1. The summed E-state index contributed by atoms with van der Waals surface area (Å²) in [5.74, 6) is -0.985. The standard InChI is InChI=1S/C20H19ClN2O5S2/c1-12(23-30(26,27)15-9-7-14(8-10-15)22-13(2)24)20(25)28-11-18-19(21)16-5-3-4-6-17(16)29-18/h3-10,12,23H,11H2,1-2H3,(H,22,24)/t12-/m0/s1. The van der Waals surface area contributed by atoms with Crippen molar-refractivity contribution in [2.75, 3.05) is 5.32 Å². The molecule has 7 nitrogen and oxygen atoms in total. The predicted octanol–water partition coefficient (Wildman–Crippen LogP) is 3.92. The van der Waals surface area contributed by atoms with Crippen LogP contribution < -0.4 is 10.0 Å². The largest absolute Gasteiger partial charge is 0.459 e. The van der Waals surface area contributed by atoms with Crippen molar-refractivity contribution in [2.24, 2.45) is 0 Å². The van der Waals surface area contributed by atoms with Gasteiger partial charge in [-0.25, -0.2) is 8.42 Å². The molecule has 0 aliphatic heterocycles. The quantitative estimate of drug-likeness (QED) is 0.514. The second-order valence-electron chi connectivity index (χ2n) is 6.49. The minimum Gasteiger partial charge on any atom is -0.459 e. The SMILES string of the molecule is CC(=O)Nc1ccc(S(=O)(=O)N[C@@H](C)C(=O)OCc2sc3ccccc3c2Cl)cc1. The van der Waals surface area contributed by atoms with Crippen molar-refractivity contribution in [3.8, 4) is 0 Å². The number of sulfonamides is 1. The maximum atomic E-state index is 12.5. The number of esters is 1. The van der Waals surface area contributed by atoms with E-state index in [0.29, 0.717) is 15.6 Å². The van der Waals surface area contributed by atoms with Crippen molar-refractivity contribution in [2.45, 2.75) is 31.4 Å². The first-order chi connectivity index (χ1) is 14.2. The van der Waals surface area contributed by atoms with Gasteiger partial charge in [0.15, 0.2) is 0 Å². The van der Waals surface area contributed by atoms with Gasteiger partial charge in [-0.2, -0.15) is 4.72 Å². The average Bonchev–Trinajstić information content (AvgIpc) is 3.01. The van der Waals surface area contributed by atoms with E-state index in [1.807, 2.05) is 24.3 Å². The van der Waals surface area contributed by atoms with E-state index in [9.17, 15) is 18.0 Å². The van der Waals surface area contributed by atoms with Crippen LogP contribution in [0.4, 0.5) is 5.69 Å². The molecule has 158 valence electrons. The van der Waals surface area contributed by atoms with Crippen LogP contribution in [0, 0.1) is 0 Å². The molecule has 0 unspecified atom stereocenters. The summed E-state index contributed by atoms with van der Waals surface area (Å²) in [7, 11) is -3.95. The Bertz CT molecular complexity index is 1190. The molecule has 0 aliphatic rings. The number of benzene rings is 2. The van der Waals surface area contributed by atoms with Gasteiger partial charge < -0.3 is 10.1 Å². The number of nitrogens with one attached hydrogen (secondary N) is 2. The van der Waals surface area contributed by atoms with Crippen molar-refractivity contribution in [3.63, 3.8) is 0 Å². The van der Waals surface area contributed by atoms with E-state index in [0.717, 1.165) is 10.1 Å². The maximum Gasteiger partial charge on any atom is 0.324 e. The third-order valence-corrected chi connectivity index (χ3v) is 7.36. The predicted molar refractivity (Wildman–Crippen MR) is 117 cm³/mol. The Morgan fingerprint density at radius 1 is 1.13 bits per heavy atom. The topological polar surface area (TPSA) is 102 Å². The fourth-order valence-electron chi connectivity index (χ4n) is 2.69. The lowest BCUT2D eigenvalue weighted by Gasteiger charge is -2.14. The summed E-state index contributed by atoms with van der Waals surface area (Å²) in [6.45, 7) is 2.71. The van der Waals surface area contributed by atoms with Gasteiger partial charge in [0.1, 0.15) is 12.6 Å². The van der Waals surface area contributed by atoms with Gasteiger partial charge >= 0.3 is 5.97 Å². The molecular weight excluding hydrogens is 448 g/mol. The zero-order valence-electron chi connectivity index (χ0n) is 16.1. The molecule has 2 N–H and O–H groups in total. The van der Waals surface area contributed by atoms with Gasteiger partial charge in [-0.05, 0) is 37.3 Å². The lowest BCUT2D eigenvalue weighted by Crippen LogP contribution is -2.39. The highest BCUT2D eigenvalue weighted by Crippen LogP contribution is 2.35. The minimum atomic E-state index is -3.95. The van der Waals surface area contributed by atoms with Gasteiger partial charge in [-0.15, -0.1) is 11.3 Å². The summed E-state index contributed by atoms with van der Waals surface area (Å²) in [5.41, 5.74) is 0.467. The van der Waals surface area contributed by atoms with Gasteiger partial charge in [-0.3, -0.25) is 9.59 Å². The molecule has 1 aromatic heterocycles. The Kier molecular flexibility index (Phi) is 6.77. The average molecular weight is 467 g/mol. The molecule has 2 aromatic carbocycles. The van der Waals surface area contributed by atoms with Gasteiger partial charge in [0.2, 0.25) is 15.9 Å². The van der Waals surface area contributed by atoms with Crippen molar-refractivity contribution >= 4 is 60.6 Å². The van der Waals surface area contributed by atoms with Crippen LogP contribution in [0.1, 0.15) is 18.7 Å². The normalized spacial score (nSPS) is 12.5. The Hall–Kier alpha value is -2.46. The number of anilines is 1. The zero-order chi connectivity index (χ0) is 21.9. The monoisotopic (exact) mass is 466 g/mol. The fraction of sp³-hybridized carbons (Fsp3) is 0.200. The van der Waals surface area contributed by atoms with Crippen LogP contribution in [0.5, 0.6) is 0 Å². The molecule has 0 saturated heterocycles. The fourth-order valence-corrected chi connectivity index (χ4v) is 5.28. The molecule has 1 heterocycles. The maximum absolute atomic E-state index is 12.5. The van der Waals surface area contributed by atoms with Crippen LogP contribution in [0.25, 0.3) is 10.1 Å². The Balaban J connectivity index is 1.62. The lowest BCUT2D eigenvalue weighted by atomic mass is 10.2. The lowest BCUT2D eigenvalue weighted by molar-refractivity contribution is -0.146. The van der Waals surface area contributed by atoms with Crippen LogP contribution in [-0.2, 0) is 31.0 Å². The van der Waals surface area contributed by atoms with Crippen molar-refractivity contribution in [1.82, 2.24) is 4.72 Å². The smallest absolute Gasteiger partial charge is 0.324 e. The van der Waals surface area contributed by atoms with Crippen LogP contribution in [-0.4, -0.2) is 26.3 Å². The molecule has 0 fully saturated rings. The number of carbonyl (C=O) groups is 2. The van der Waals surface area contributed by atoms with Gasteiger partial charge in [0.05, 0.1) is 14.8 Å². The molecule has 1 atom stereocenters.